The first-order valence-electron chi connectivity index (χ1n) is 12.0. The van der Waals surface area contributed by atoms with Crippen molar-refractivity contribution in [3.8, 4) is 0 Å². The molecule has 0 aliphatic heterocycles. The van der Waals surface area contributed by atoms with Gasteiger partial charge in [-0.1, -0.05) is 129 Å². The molecule has 0 aliphatic rings. The van der Waals surface area contributed by atoms with E-state index in [0.29, 0.717) is 13.2 Å². The molecule has 0 unspecified atom stereocenters. The Bertz CT molecular complexity index is 186. The van der Waals surface area contributed by atoms with Crippen LogP contribution in [0, 0.1) is 0 Å². The van der Waals surface area contributed by atoms with E-state index in [-0.39, 0.29) is 0 Å². The van der Waals surface area contributed by atoms with E-state index < -0.39 is 0 Å². The Balaban J connectivity index is 0. The molecule has 0 amide bonds. The summed E-state index contributed by atoms with van der Waals surface area (Å²) in [6.07, 6.45) is 26.7. The van der Waals surface area contributed by atoms with E-state index in [1.54, 1.807) is 0 Å². The van der Waals surface area contributed by atoms with E-state index in [0.717, 1.165) is 12.8 Å². The van der Waals surface area contributed by atoms with Crippen LogP contribution in [0.25, 0.3) is 0 Å². The number of hydrogen-bond donors (Lipinski definition) is 2. The van der Waals surface area contributed by atoms with Gasteiger partial charge < -0.3 is 10.2 Å². The molecule has 0 atom stereocenters. The van der Waals surface area contributed by atoms with Gasteiger partial charge in [0.1, 0.15) is 0 Å². The smallest absolute Gasteiger partial charge is 0.0431 e. The topological polar surface area (TPSA) is 40.5 Å². The van der Waals surface area contributed by atoms with Gasteiger partial charge in [-0.25, -0.2) is 0 Å². The van der Waals surface area contributed by atoms with Crippen LogP contribution in [0.1, 0.15) is 142 Å². The summed E-state index contributed by atoms with van der Waals surface area (Å²) in [4.78, 5) is 0. The first kappa shape index (κ1) is 28.1. The first-order chi connectivity index (χ1) is 12.8. The largest absolute Gasteiger partial charge is 0.396 e. The van der Waals surface area contributed by atoms with Crippen LogP contribution in [0.5, 0.6) is 0 Å². The molecule has 0 aliphatic carbocycles. The Labute approximate surface area is 166 Å². The Kier molecular flexibility index (Phi) is 32.1. The zero-order valence-corrected chi connectivity index (χ0v) is 18.5. The van der Waals surface area contributed by atoms with Crippen molar-refractivity contribution >= 4 is 0 Å². The van der Waals surface area contributed by atoms with Crippen molar-refractivity contribution in [3.63, 3.8) is 0 Å². The van der Waals surface area contributed by atoms with Crippen molar-refractivity contribution in [1.82, 2.24) is 0 Å². The molecule has 26 heavy (non-hydrogen) atoms. The van der Waals surface area contributed by atoms with E-state index in [1.807, 2.05) is 0 Å². The highest BCUT2D eigenvalue weighted by Crippen LogP contribution is 2.12. The summed E-state index contributed by atoms with van der Waals surface area (Å²) in [5, 5.41) is 17.1. The fourth-order valence-electron chi connectivity index (χ4n) is 3.20. The quantitative estimate of drug-likeness (QED) is 0.214. The predicted molar refractivity (Wildman–Crippen MR) is 118 cm³/mol. The van der Waals surface area contributed by atoms with Gasteiger partial charge in [-0.3, -0.25) is 0 Å². The van der Waals surface area contributed by atoms with E-state index in [4.69, 9.17) is 10.2 Å². The Hall–Kier alpha value is -0.0800. The SMILES string of the molecule is CCCCCCCCCCCCCCCCO.CCCCCCCCO. The summed E-state index contributed by atoms with van der Waals surface area (Å²) in [6.45, 7) is 5.23. The molecule has 0 bridgehead atoms. The fourth-order valence-corrected chi connectivity index (χ4v) is 3.20. The summed E-state index contributed by atoms with van der Waals surface area (Å²) in [5.41, 5.74) is 0. The minimum absolute atomic E-state index is 0.367. The second kappa shape index (κ2) is 29.7. The van der Waals surface area contributed by atoms with Crippen molar-refractivity contribution in [3.05, 3.63) is 0 Å². The van der Waals surface area contributed by atoms with E-state index in [9.17, 15) is 0 Å². The summed E-state index contributed by atoms with van der Waals surface area (Å²) in [6, 6.07) is 0. The third-order valence-corrected chi connectivity index (χ3v) is 5.02. The van der Waals surface area contributed by atoms with E-state index in [2.05, 4.69) is 13.8 Å². The highest BCUT2D eigenvalue weighted by Gasteiger charge is 1.93. The summed E-state index contributed by atoms with van der Waals surface area (Å²) in [5.74, 6) is 0. The van der Waals surface area contributed by atoms with Crippen molar-refractivity contribution in [2.24, 2.45) is 0 Å². The third-order valence-electron chi connectivity index (χ3n) is 5.02. The Morgan fingerprint density at radius 3 is 0.692 bits per heavy atom. The monoisotopic (exact) mass is 372 g/mol. The number of rotatable bonds is 20. The minimum atomic E-state index is 0.367. The van der Waals surface area contributed by atoms with Crippen LogP contribution < -0.4 is 0 Å². The molecule has 0 saturated heterocycles. The number of hydrogen-bond acceptors (Lipinski definition) is 2. The molecule has 2 N–H and O–H groups in total. The lowest BCUT2D eigenvalue weighted by Gasteiger charge is -2.02. The molecule has 0 spiro atoms. The molecule has 2 heteroatoms. The molecule has 0 aromatic rings. The second-order valence-electron chi connectivity index (χ2n) is 7.81. The predicted octanol–water partition coefficient (Wildman–Crippen LogP) is 7.80. The van der Waals surface area contributed by atoms with Gasteiger partial charge in [-0.2, -0.15) is 0 Å². The van der Waals surface area contributed by atoms with Gasteiger partial charge in [-0.05, 0) is 12.8 Å². The van der Waals surface area contributed by atoms with Gasteiger partial charge in [0.05, 0.1) is 0 Å². The third kappa shape index (κ3) is 31.7. The van der Waals surface area contributed by atoms with Crippen LogP contribution in [0.3, 0.4) is 0 Å². The van der Waals surface area contributed by atoms with Gasteiger partial charge >= 0.3 is 0 Å². The average Bonchev–Trinajstić information content (AvgIpc) is 2.66. The molecule has 0 rings (SSSR count). The van der Waals surface area contributed by atoms with Gasteiger partial charge in [0, 0.05) is 13.2 Å². The molecular formula is C24H52O2. The van der Waals surface area contributed by atoms with E-state index >= 15 is 0 Å². The molecule has 160 valence electrons. The van der Waals surface area contributed by atoms with Gasteiger partial charge in [0.25, 0.3) is 0 Å². The van der Waals surface area contributed by atoms with Gasteiger partial charge in [0.2, 0.25) is 0 Å². The first-order valence-corrected chi connectivity index (χ1v) is 12.0. The van der Waals surface area contributed by atoms with Crippen molar-refractivity contribution in [2.45, 2.75) is 142 Å². The van der Waals surface area contributed by atoms with Gasteiger partial charge in [-0.15, -0.1) is 0 Å². The van der Waals surface area contributed by atoms with Crippen LogP contribution in [-0.4, -0.2) is 23.4 Å². The van der Waals surface area contributed by atoms with Gasteiger partial charge in [0.15, 0.2) is 0 Å². The number of unbranched alkanes of at least 4 members (excludes halogenated alkanes) is 18. The lowest BCUT2D eigenvalue weighted by atomic mass is 10.0. The normalized spacial score (nSPS) is 10.6. The maximum absolute atomic E-state index is 8.64. The maximum Gasteiger partial charge on any atom is 0.0431 e. The lowest BCUT2D eigenvalue weighted by Crippen LogP contribution is -1.84. The van der Waals surface area contributed by atoms with Crippen LogP contribution in [-0.2, 0) is 0 Å². The molecule has 0 aromatic carbocycles. The van der Waals surface area contributed by atoms with Crippen molar-refractivity contribution in [2.75, 3.05) is 13.2 Å². The van der Waals surface area contributed by atoms with Crippen LogP contribution in [0.4, 0.5) is 0 Å². The number of aliphatic hydroxyl groups is 2. The van der Waals surface area contributed by atoms with Crippen LogP contribution in [0.15, 0.2) is 0 Å². The zero-order valence-electron chi connectivity index (χ0n) is 18.5. The summed E-state index contributed by atoms with van der Waals surface area (Å²) < 4.78 is 0. The molecule has 2 nitrogen and oxygen atoms in total. The Morgan fingerprint density at radius 1 is 0.308 bits per heavy atom. The molecule has 0 saturated carbocycles. The molecular weight excluding hydrogens is 320 g/mol. The highest BCUT2D eigenvalue weighted by atomic mass is 16.3. The average molecular weight is 373 g/mol. The standard InChI is InChI=1S/C16H34O.C8H18O/c1-2-3-4-5-6-7-8-9-10-11-12-13-14-15-16-17;1-2-3-4-5-6-7-8-9/h17H,2-16H2,1H3;9H,2-8H2,1H3. The lowest BCUT2D eigenvalue weighted by molar-refractivity contribution is 0.282. The fraction of sp³-hybridized carbons (Fsp3) is 1.00. The van der Waals surface area contributed by atoms with Crippen LogP contribution in [0.2, 0.25) is 0 Å². The van der Waals surface area contributed by atoms with Crippen molar-refractivity contribution < 1.29 is 10.2 Å². The Morgan fingerprint density at radius 2 is 0.500 bits per heavy atom. The highest BCUT2D eigenvalue weighted by molar-refractivity contribution is 4.49. The molecule has 0 heterocycles. The minimum Gasteiger partial charge on any atom is -0.396 e. The molecule has 0 aromatic heterocycles. The van der Waals surface area contributed by atoms with Crippen LogP contribution >= 0.6 is 0 Å². The molecule has 0 fully saturated rings. The zero-order chi connectivity index (χ0) is 19.6. The second-order valence-corrected chi connectivity index (χ2v) is 7.81. The van der Waals surface area contributed by atoms with E-state index in [1.165, 1.54) is 116 Å². The summed E-state index contributed by atoms with van der Waals surface area (Å²) >= 11 is 0. The number of aliphatic hydroxyl groups excluding tert-OH is 2. The maximum atomic E-state index is 8.64. The van der Waals surface area contributed by atoms with Crippen molar-refractivity contribution in [1.29, 1.82) is 0 Å². The molecule has 0 radical (unpaired) electrons. The summed E-state index contributed by atoms with van der Waals surface area (Å²) in [7, 11) is 0.